The number of para-hydroxylation sites is 1. The zero-order valence-corrected chi connectivity index (χ0v) is 16.0. The molecule has 2 heterocycles. The Hall–Kier alpha value is -3.94. The molecule has 0 aliphatic carbocycles. The number of benzene rings is 2. The van der Waals surface area contributed by atoms with Crippen molar-refractivity contribution in [2.45, 2.75) is 13.5 Å². The Labute approximate surface area is 166 Å². The Morgan fingerprint density at radius 1 is 0.897 bits per heavy atom. The molecule has 0 saturated heterocycles. The highest BCUT2D eigenvalue weighted by Gasteiger charge is 2.14. The van der Waals surface area contributed by atoms with Gasteiger partial charge in [-0.25, -0.2) is 4.79 Å². The van der Waals surface area contributed by atoms with Crippen LogP contribution >= 0.6 is 0 Å². The molecule has 0 fully saturated rings. The molecule has 8 heteroatoms. The van der Waals surface area contributed by atoms with Crippen molar-refractivity contribution in [1.82, 2.24) is 24.8 Å². The number of rotatable bonds is 6. The summed E-state index contributed by atoms with van der Waals surface area (Å²) in [6.45, 7) is 2.17. The summed E-state index contributed by atoms with van der Waals surface area (Å²) in [5.41, 5.74) is 2.09. The van der Waals surface area contributed by atoms with Crippen LogP contribution in [-0.2, 0) is 13.7 Å². The van der Waals surface area contributed by atoms with Crippen molar-refractivity contribution in [2.24, 2.45) is 7.05 Å². The summed E-state index contributed by atoms with van der Waals surface area (Å²) in [5, 5.41) is 7.71. The zero-order chi connectivity index (χ0) is 20.2. The lowest BCUT2D eigenvalue weighted by Gasteiger charge is -2.13. The summed E-state index contributed by atoms with van der Waals surface area (Å²) in [4.78, 5) is 16.6. The molecular formula is C21H19N5O3. The monoisotopic (exact) mass is 389 g/mol. The number of nitrogens with zero attached hydrogens (tertiary/aromatic N) is 5. The standard InChI is InChI=1S/C21H19N5O3/c1-15-8-6-11-18(26-21(27)25(2)23-24-26)17(15)14-28-19-12-7-13-20(22-19)29-16-9-4-3-5-10-16/h3-13H,14H2,1-2H3. The number of aryl methyl sites for hydroxylation is 2. The first kappa shape index (κ1) is 18.4. The molecule has 0 aliphatic rings. The molecule has 0 atom stereocenters. The van der Waals surface area contributed by atoms with E-state index in [9.17, 15) is 4.79 Å². The van der Waals surface area contributed by atoms with Gasteiger partial charge in [-0.2, -0.15) is 14.3 Å². The molecule has 0 radical (unpaired) electrons. The third-order valence-electron chi connectivity index (χ3n) is 4.36. The lowest BCUT2D eigenvalue weighted by Crippen LogP contribution is -2.23. The van der Waals surface area contributed by atoms with Gasteiger partial charge in [0.2, 0.25) is 11.8 Å². The summed E-state index contributed by atoms with van der Waals surface area (Å²) in [5.74, 6) is 1.54. The Bertz CT molecular complexity index is 1180. The normalized spacial score (nSPS) is 10.7. The van der Waals surface area contributed by atoms with Crippen LogP contribution in [0.3, 0.4) is 0 Å². The van der Waals surface area contributed by atoms with Crippen molar-refractivity contribution in [2.75, 3.05) is 0 Å². The Morgan fingerprint density at radius 3 is 2.41 bits per heavy atom. The molecule has 0 N–H and O–H groups in total. The summed E-state index contributed by atoms with van der Waals surface area (Å²) >= 11 is 0. The van der Waals surface area contributed by atoms with Gasteiger partial charge in [0.1, 0.15) is 12.4 Å². The zero-order valence-electron chi connectivity index (χ0n) is 16.0. The SMILES string of the molecule is Cc1cccc(-n2nnn(C)c2=O)c1COc1cccc(Oc2ccccc2)n1. The molecule has 146 valence electrons. The number of pyridine rings is 1. The molecule has 8 nitrogen and oxygen atoms in total. The lowest BCUT2D eigenvalue weighted by atomic mass is 10.1. The minimum Gasteiger partial charge on any atom is -0.473 e. The van der Waals surface area contributed by atoms with Gasteiger partial charge in [0.05, 0.1) is 5.69 Å². The van der Waals surface area contributed by atoms with Crippen molar-refractivity contribution < 1.29 is 9.47 Å². The van der Waals surface area contributed by atoms with E-state index < -0.39 is 0 Å². The first-order chi connectivity index (χ1) is 14.1. The number of aromatic nitrogens is 5. The fraction of sp³-hybridized carbons (Fsp3) is 0.143. The molecule has 0 bridgehead atoms. The van der Waals surface area contributed by atoms with Crippen molar-refractivity contribution in [3.05, 3.63) is 88.3 Å². The maximum atomic E-state index is 12.3. The van der Waals surface area contributed by atoms with E-state index in [4.69, 9.17) is 9.47 Å². The van der Waals surface area contributed by atoms with Gasteiger partial charge in [-0.3, -0.25) is 0 Å². The van der Waals surface area contributed by atoms with Gasteiger partial charge < -0.3 is 9.47 Å². The first-order valence-corrected chi connectivity index (χ1v) is 9.02. The van der Waals surface area contributed by atoms with E-state index in [0.717, 1.165) is 11.1 Å². The van der Waals surface area contributed by atoms with Crippen molar-refractivity contribution in [3.8, 4) is 23.2 Å². The largest absolute Gasteiger partial charge is 0.473 e. The predicted molar refractivity (Wildman–Crippen MR) is 106 cm³/mol. The lowest BCUT2D eigenvalue weighted by molar-refractivity contribution is 0.288. The number of ether oxygens (including phenoxy) is 2. The Kier molecular flexibility index (Phi) is 5.07. The van der Waals surface area contributed by atoms with Crippen LogP contribution < -0.4 is 15.2 Å². The minimum absolute atomic E-state index is 0.215. The number of tetrazole rings is 1. The van der Waals surface area contributed by atoms with Crippen LogP contribution in [0.1, 0.15) is 11.1 Å². The van der Waals surface area contributed by atoms with E-state index in [1.807, 2.05) is 61.5 Å². The maximum absolute atomic E-state index is 12.3. The summed E-state index contributed by atoms with van der Waals surface area (Å²) < 4.78 is 14.1. The van der Waals surface area contributed by atoms with Crippen LogP contribution in [0.15, 0.2) is 71.5 Å². The van der Waals surface area contributed by atoms with E-state index >= 15 is 0 Å². The van der Waals surface area contributed by atoms with E-state index in [1.165, 1.54) is 9.36 Å². The van der Waals surface area contributed by atoms with Gasteiger partial charge >= 0.3 is 5.69 Å². The van der Waals surface area contributed by atoms with Crippen molar-refractivity contribution in [1.29, 1.82) is 0 Å². The van der Waals surface area contributed by atoms with Gasteiger partial charge in [0.15, 0.2) is 0 Å². The molecule has 0 saturated carbocycles. The summed E-state index contributed by atoms with van der Waals surface area (Å²) in [7, 11) is 1.56. The summed E-state index contributed by atoms with van der Waals surface area (Å²) in [6, 6.07) is 20.4. The highest BCUT2D eigenvalue weighted by molar-refractivity contribution is 5.44. The third-order valence-corrected chi connectivity index (χ3v) is 4.36. The van der Waals surface area contributed by atoms with Crippen LogP contribution in [-0.4, -0.2) is 24.8 Å². The maximum Gasteiger partial charge on any atom is 0.368 e. The molecule has 4 rings (SSSR count). The van der Waals surface area contributed by atoms with E-state index in [1.54, 1.807) is 19.2 Å². The predicted octanol–water partition coefficient (Wildman–Crippen LogP) is 3.04. The second kappa shape index (κ2) is 7.97. The van der Waals surface area contributed by atoms with Crippen LogP contribution in [0.25, 0.3) is 5.69 Å². The Balaban J connectivity index is 1.56. The molecule has 29 heavy (non-hydrogen) atoms. The fourth-order valence-corrected chi connectivity index (χ4v) is 2.83. The van der Waals surface area contributed by atoms with Gasteiger partial charge in [0, 0.05) is 24.7 Å². The van der Waals surface area contributed by atoms with Crippen molar-refractivity contribution >= 4 is 0 Å². The quantitative estimate of drug-likeness (QED) is 0.504. The minimum atomic E-state index is -0.326. The average molecular weight is 389 g/mol. The van der Waals surface area contributed by atoms with Gasteiger partial charge in [-0.15, -0.1) is 0 Å². The Morgan fingerprint density at radius 2 is 1.66 bits per heavy atom. The van der Waals surface area contributed by atoms with E-state index in [0.29, 0.717) is 23.2 Å². The van der Waals surface area contributed by atoms with Gasteiger partial charge in [-0.05, 0) is 41.1 Å². The summed E-state index contributed by atoms with van der Waals surface area (Å²) in [6.07, 6.45) is 0. The molecule has 2 aromatic heterocycles. The molecular weight excluding hydrogens is 370 g/mol. The molecule has 0 unspecified atom stereocenters. The molecule has 0 spiro atoms. The molecule has 4 aromatic rings. The number of hydrogen-bond donors (Lipinski definition) is 0. The van der Waals surface area contributed by atoms with Crippen LogP contribution in [0.5, 0.6) is 17.5 Å². The van der Waals surface area contributed by atoms with Crippen LogP contribution in [0.2, 0.25) is 0 Å². The topological polar surface area (TPSA) is 84.1 Å². The van der Waals surface area contributed by atoms with Crippen LogP contribution in [0, 0.1) is 6.92 Å². The molecule has 2 aromatic carbocycles. The molecule has 0 amide bonds. The molecule has 0 aliphatic heterocycles. The third kappa shape index (κ3) is 4.01. The first-order valence-electron chi connectivity index (χ1n) is 9.02. The van der Waals surface area contributed by atoms with Gasteiger partial charge in [0.25, 0.3) is 0 Å². The average Bonchev–Trinajstić information content (AvgIpc) is 3.06. The fourth-order valence-electron chi connectivity index (χ4n) is 2.83. The van der Waals surface area contributed by atoms with Gasteiger partial charge in [-0.1, -0.05) is 36.4 Å². The van der Waals surface area contributed by atoms with E-state index in [2.05, 4.69) is 15.4 Å². The second-order valence-electron chi connectivity index (χ2n) is 6.39. The highest BCUT2D eigenvalue weighted by atomic mass is 16.5. The second-order valence-corrected chi connectivity index (χ2v) is 6.39. The highest BCUT2D eigenvalue weighted by Crippen LogP contribution is 2.23. The van der Waals surface area contributed by atoms with Crippen molar-refractivity contribution in [3.63, 3.8) is 0 Å². The van der Waals surface area contributed by atoms with Crippen LogP contribution in [0.4, 0.5) is 0 Å². The number of hydrogen-bond acceptors (Lipinski definition) is 6. The van der Waals surface area contributed by atoms with E-state index in [-0.39, 0.29) is 12.3 Å². The smallest absolute Gasteiger partial charge is 0.368 e.